The molecule has 1 saturated heterocycles. The molecule has 1 N–H and O–H groups in total. The van der Waals surface area contributed by atoms with Crippen LogP contribution in [0.25, 0.3) is 11.1 Å². The molecule has 1 aliphatic carbocycles. The van der Waals surface area contributed by atoms with Gasteiger partial charge in [0.15, 0.2) is 0 Å². The van der Waals surface area contributed by atoms with Gasteiger partial charge >= 0.3 is 5.97 Å². The van der Waals surface area contributed by atoms with Gasteiger partial charge in [0.05, 0.1) is 6.54 Å². The monoisotopic (exact) mass is 487 g/mol. The van der Waals surface area contributed by atoms with Crippen molar-refractivity contribution in [1.82, 2.24) is 19.8 Å². The number of hydrogen-bond donors (Lipinski definition) is 1. The normalized spacial score (nSPS) is 18.4. The summed E-state index contributed by atoms with van der Waals surface area (Å²) in [6.07, 6.45) is 5.46. The van der Waals surface area contributed by atoms with Crippen molar-refractivity contribution in [3.63, 3.8) is 0 Å². The summed E-state index contributed by atoms with van der Waals surface area (Å²) in [6.45, 7) is 2.83. The van der Waals surface area contributed by atoms with Crippen LogP contribution in [-0.4, -0.2) is 76.0 Å². The van der Waals surface area contributed by atoms with Crippen molar-refractivity contribution < 1.29 is 19.1 Å². The molecule has 184 valence electrons. The lowest BCUT2D eigenvalue weighted by atomic mass is 9.97. The molecule has 0 atom stereocenters. The Morgan fingerprint density at radius 1 is 1.00 bits per heavy atom. The quantitative estimate of drug-likeness (QED) is 0.591. The number of aliphatic carboxylic acids is 1. The number of aromatic nitrogens is 2. The molecule has 1 aromatic heterocycles. The Labute approximate surface area is 208 Å². The smallest absolute Gasteiger partial charge is 0.317 e. The van der Waals surface area contributed by atoms with E-state index in [1.165, 1.54) is 11.6 Å². The summed E-state index contributed by atoms with van der Waals surface area (Å²) < 4.78 is 14.2. The zero-order valence-electron chi connectivity index (χ0n) is 19.7. The summed E-state index contributed by atoms with van der Waals surface area (Å²) in [5.74, 6) is -0.691. The number of anilines is 2. The first-order valence-electron chi connectivity index (χ1n) is 12.2. The van der Waals surface area contributed by atoms with E-state index in [4.69, 9.17) is 5.11 Å². The summed E-state index contributed by atoms with van der Waals surface area (Å²) in [7, 11) is 0. The Kier molecular flexibility index (Phi) is 5.44. The fourth-order valence-electron chi connectivity index (χ4n) is 5.34. The lowest BCUT2D eigenvalue weighted by Gasteiger charge is -2.34. The van der Waals surface area contributed by atoms with E-state index in [1.54, 1.807) is 35.5 Å². The maximum absolute atomic E-state index is 14.2. The minimum atomic E-state index is -0.855. The van der Waals surface area contributed by atoms with Crippen molar-refractivity contribution in [1.29, 1.82) is 0 Å². The zero-order valence-corrected chi connectivity index (χ0v) is 19.7. The van der Waals surface area contributed by atoms with E-state index in [0.29, 0.717) is 48.8 Å². The third-order valence-electron chi connectivity index (χ3n) is 7.50. The predicted octanol–water partition coefficient (Wildman–Crippen LogP) is 3.31. The molecule has 3 heterocycles. The topological polar surface area (TPSA) is 89.9 Å². The molecule has 3 aliphatic rings. The van der Waals surface area contributed by atoms with E-state index in [2.05, 4.69) is 20.9 Å². The number of carboxylic acids is 1. The number of carbonyl (C=O) groups is 2. The molecule has 1 amide bonds. The van der Waals surface area contributed by atoms with Crippen LogP contribution in [0.3, 0.4) is 0 Å². The van der Waals surface area contributed by atoms with Gasteiger partial charge in [-0.05, 0) is 36.6 Å². The minimum absolute atomic E-state index is 0.00633. The van der Waals surface area contributed by atoms with E-state index in [9.17, 15) is 14.0 Å². The average molecular weight is 488 g/mol. The van der Waals surface area contributed by atoms with E-state index < -0.39 is 5.97 Å². The van der Waals surface area contributed by atoms with E-state index in [0.717, 1.165) is 25.1 Å². The first-order chi connectivity index (χ1) is 17.4. The number of nitrogens with zero attached hydrogens (tertiary/aromatic N) is 5. The highest BCUT2D eigenvalue weighted by molar-refractivity contribution is 5.96. The fourth-order valence-corrected chi connectivity index (χ4v) is 5.34. The van der Waals surface area contributed by atoms with Crippen LogP contribution in [0, 0.1) is 5.82 Å². The van der Waals surface area contributed by atoms with Gasteiger partial charge in [-0.25, -0.2) is 14.4 Å². The third-order valence-corrected chi connectivity index (χ3v) is 7.50. The van der Waals surface area contributed by atoms with E-state index in [1.807, 2.05) is 17.0 Å². The standard InChI is InChI=1S/C27H26FN5O3/c28-22-4-2-1-3-20(22)19-14-29-26(30-15-19)33-17-27(7-8-27)21-6-5-18(13-23(21)33)25(36)32-11-9-31(10-12-32)16-24(34)35/h1-6,13-15H,7-12,16-17H2,(H,34,35). The van der Waals surface area contributed by atoms with Gasteiger partial charge in [0.1, 0.15) is 5.82 Å². The number of hydrogen-bond acceptors (Lipinski definition) is 6. The summed E-state index contributed by atoms with van der Waals surface area (Å²) >= 11 is 0. The third kappa shape index (κ3) is 3.99. The van der Waals surface area contributed by atoms with Crippen molar-refractivity contribution in [2.24, 2.45) is 0 Å². The molecule has 2 fully saturated rings. The van der Waals surface area contributed by atoms with Crippen molar-refractivity contribution in [2.75, 3.05) is 44.2 Å². The van der Waals surface area contributed by atoms with Gasteiger partial charge in [0.25, 0.3) is 5.91 Å². The van der Waals surface area contributed by atoms with Crippen LogP contribution in [0.5, 0.6) is 0 Å². The molecule has 2 aliphatic heterocycles. The largest absolute Gasteiger partial charge is 0.480 e. The zero-order chi connectivity index (χ0) is 24.9. The maximum atomic E-state index is 14.2. The molecule has 0 radical (unpaired) electrons. The summed E-state index contributed by atoms with van der Waals surface area (Å²) in [5, 5.41) is 9.01. The van der Waals surface area contributed by atoms with Gasteiger partial charge in [0, 0.05) is 72.9 Å². The van der Waals surface area contributed by atoms with Crippen molar-refractivity contribution in [3.05, 3.63) is 71.8 Å². The Balaban J connectivity index is 1.25. The van der Waals surface area contributed by atoms with Crippen LogP contribution < -0.4 is 4.90 Å². The molecule has 9 heteroatoms. The SMILES string of the molecule is O=C(O)CN1CCN(C(=O)c2ccc3c(c2)N(c2ncc(-c4ccccc4F)cn2)CC32CC2)CC1. The summed E-state index contributed by atoms with van der Waals surface area (Å²) in [5.41, 5.74) is 3.91. The van der Waals surface area contributed by atoms with Crippen molar-refractivity contribution in [2.45, 2.75) is 18.3 Å². The van der Waals surface area contributed by atoms with Gasteiger partial charge in [-0.1, -0.05) is 24.3 Å². The van der Waals surface area contributed by atoms with Crippen LogP contribution >= 0.6 is 0 Å². The van der Waals surface area contributed by atoms with Crippen LogP contribution in [0.4, 0.5) is 16.0 Å². The average Bonchev–Trinajstić information content (AvgIpc) is 3.60. The lowest BCUT2D eigenvalue weighted by molar-refractivity contribution is -0.138. The van der Waals surface area contributed by atoms with Crippen LogP contribution in [0.15, 0.2) is 54.9 Å². The number of halogens is 1. The first-order valence-corrected chi connectivity index (χ1v) is 12.2. The molecule has 36 heavy (non-hydrogen) atoms. The van der Waals surface area contributed by atoms with Gasteiger partial charge in [-0.2, -0.15) is 0 Å². The van der Waals surface area contributed by atoms with Crippen molar-refractivity contribution >= 4 is 23.5 Å². The Morgan fingerprint density at radius 3 is 2.39 bits per heavy atom. The molecule has 0 bridgehead atoms. The number of carbonyl (C=O) groups excluding carboxylic acids is 1. The summed E-state index contributed by atoms with van der Waals surface area (Å²) in [4.78, 5) is 39.1. The lowest BCUT2D eigenvalue weighted by Crippen LogP contribution is -2.49. The number of rotatable bonds is 5. The molecular weight excluding hydrogens is 461 g/mol. The Hall–Kier alpha value is -3.85. The van der Waals surface area contributed by atoms with E-state index >= 15 is 0 Å². The second kappa shape index (κ2) is 8.67. The minimum Gasteiger partial charge on any atom is -0.480 e. The molecule has 1 spiro atoms. The number of benzene rings is 2. The molecule has 2 aromatic carbocycles. The van der Waals surface area contributed by atoms with Gasteiger partial charge in [-0.3, -0.25) is 14.5 Å². The molecular formula is C27H26FN5O3. The molecule has 8 nitrogen and oxygen atoms in total. The van der Waals surface area contributed by atoms with Gasteiger partial charge < -0.3 is 14.9 Å². The molecule has 1 saturated carbocycles. The molecule has 6 rings (SSSR count). The second-order valence-electron chi connectivity index (χ2n) is 9.81. The number of fused-ring (bicyclic) bond motifs is 2. The first kappa shape index (κ1) is 22.6. The van der Waals surface area contributed by atoms with Crippen LogP contribution in [0.2, 0.25) is 0 Å². The van der Waals surface area contributed by atoms with Gasteiger partial charge in [0.2, 0.25) is 5.95 Å². The molecule has 3 aromatic rings. The van der Waals surface area contributed by atoms with E-state index in [-0.39, 0.29) is 23.7 Å². The second-order valence-corrected chi connectivity index (χ2v) is 9.81. The highest BCUT2D eigenvalue weighted by Crippen LogP contribution is 2.57. The van der Waals surface area contributed by atoms with Crippen LogP contribution in [-0.2, 0) is 10.2 Å². The highest BCUT2D eigenvalue weighted by Gasteiger charge is 2.52. The number of amides is 1. The predicted molar refractivity (Wildman–Crippen MR) is 132 cm³/mol. The maximum Gasteiger partial charge on any atom is 0.317 e. The number of piperazine rings is 1. The fraction of sp³-hybridized carbons (Fsp3) is 0.333. The van der Waals surface area contributed by atoms with Gasteiger partial charge in [-0.15, -0.1) is 0 Å². The Morgan fingerprint density at radius 2 is 1.72 bits per heavy atom. The van der Waals surface area contributed by atoms with Crippen molar-refractivity contribution in [3.8, 4) is 11.1 Å². The molecule has 0 unspecified atom stereocenters. The number of carboxylic acid groups (broad SMARTS) is 1. The van der Waals surface area contributed by atoms with Crippen LogP contribution in [0.1, 0.15) is 28.8 Å². The Bertz CT molecular complexity index is 1330. The highest BCUT2D eigenvalue weighted by atomic mass is 19.1. The summed E-state index contributed by atoms with van der Waals surface area (Å²) in [6, 6.07) is 12.4.